The molecule has 112 valence electrons. The van der Waals surface area contributed by atoms with Crippen LogP contribution in [0, 0.1) is 19.7 Å². The predicted molar refractivity (Wildman–Crippen MR) is 79.7 cm³/mol. The van der Waals surface area contributed by atoms with Crippen LogP contribution in [-0.2, 0) is 10.0 Å². The van der Waals surface area contributed by atoms with Gasteiger partial charge in [0.15, 0.2) is 0 Å². The van der Waals surface area contributed by atoms with Crippen molar-refractivity contribution in [2.75, 3.05) is 11.8 Å². The number of halogens is 1. The van der Waals surface area contributed by atoms with Crippen LogP contribution < -0.4 is 9.46 Å². The van der Waals surface area contributed by atoms with E-state index in [0.717, 1.165) is 5.56 Å². The molecule has 0 unspecified atom stereocenters. The molecule has 0 saturated heterocycles. The molecular weight excluding hydrogens is 293 g/mol. The molecule has 2 aromatic carbocycles. The van der Waals surface area contributed by atoms with Gasteiger partial charge in [0.25, 0.3) is 10.0 Å². The number of aryl methyl sites for hydroxylation is 2. The number of anilines is 1. The van der Waals surface area contributed by atoms with E-state index in [9.17, 15) is 12.8 Å². The van der Waals surface area contributed by atoms with Crippen LogP contribution in [0.3, 0.4) is 0 Å². The van der Waals surface area contributed by atoms with E-state index < -0.39 is 15.8 Å². The van der Waals surface area contributed by atoms with Crippen molar-refractivity contribution in [1.29, 1.82) is 0 Å². The summed E-state index contributed by atoms with van der Waals surface area (Å²) in [6, 6.07) is 8.87. The van der Waals surface area contributed by atoms with E-state index in [4.69, 9.17) is 4.74 Å². The average molecular weight is 309 g/mol. The molecular formula is C15H16FNO3S. The number of nitrogens with one attached hydrogen (secondary N) is 1. The third-order valence-corrected chi connectivity index (χ3v) is 4.44. The molecule has 2 rings (SSSR count). The summed E-state index contributed by atoms with van der Waals surface area (Å²) >= 11 is 0. The maximum atomic E-state index is 13.9. The van der Waals surface area contributed by atoms with Crippen molar-refractivity contribution < 1.29 is 17.5 Å². The topological polar surface area (TPSA) is 55.4 Å². The molecule has 2 aromatic rings. The fraction of sp³-hybridized carbons (Fsp3) is 0.200. The van der Waals surface area contributed by atoms with E-state index >= 15 is 0 Å². The summed E-state index contributed by atoms with van der Waals surface area (Å²) in [5, 5.41) is 0. The molecule has 0 aliphatic carbocycles. The molecule has 0 bridgehead atoms. The minimum absolute atomic E-state index is 0.0760. The summed E-state index contributed by atoms with van der Waals surface area (Å²) in [7, 11) is -2.39. The summed E-state index contributed by atoms with van der Waals surface area (Å²) in [6.07, 6.45) is 0. The smallest absolute Gasteiger partial charge is 0.261 e. The summed E-state index contributed by atoms with van der Waals surface area (Å²) in [6.45, 7) is 3.54. The molecule has 0 radical (unpaired) electrons. The standard InChI is InChI=1S/C15H16FNO3S/c1-10-4-6-12(7-5-10)21(18,19)17-14-9-15(20-3)11(2)8-13(14)16/h4-9,17H,1-3H3. The second-order valence-electron chi connectivity index (χ2n) is 4.72. The largest absolute Gasteiger partial charge is 0.496 e. The van der Waals surface area contributed by atoms with E-state index in [0.29, 0.717) is 11.3 Å². The molecule has 0 amide bonds. The highest BCUT2D eigenvalue weighted by molar-refractivity contribution is 7.92. The van der Waals surface area contributed by atoms with E-state index in [2.05, 4.69) is 4.72 Å². The Morgan fingerprint density at radius 2 is 1.71 bits per heavy atom. The molecule has 0 heterocycles. The maximum Gasteiger partial charge on any atom is 0.261 e. The van der Waals surface area contributed by atoms with Crippen LogP contribution in [0.4, 0.5) is 10.1 Å². The summed E-state index contributed by atoms with van der Waals surface area (Å²) in [4.78, 5) is 0.0760. The second kappa shape index (κ2) is 5.73. The molecule has 21 heavy (non-hydrogen) atoms. The second-order valence-corrected chi connectivity index (χ2v) is 6.40. The van der Waals surface area contributed by atoms with Gasteiger partial charge in [-0.1, -0.05) is 17.7 Å². The third-order valence-electron chi connectivity index (χ3n) is 3.06. The van der Waals surface area contributed by atoms with E-state index in [1.165, 1.54) is 31.4 Å². The number of methoxy groups -OCH3 is 1. The fourth-order valence-corrected chi connectivity index (χ4v) is 2.93. The SMILES string of the molecule is COc1cc(NS(=O)(=O)c2ccc(C)cc2)c(F)cc1C. The summed E-state index contributed by atoms with van der Waals surface area (Å²) in [5.74, 6) is -0.234. The maximum absolute atomic E-state index is 13.9. The van der Waals surface area contributed by atoms with E-state index in [1.807, 2.05) is 6.92 Å². The lowest BCUT2D eigenvalue weighted by molar-refractivity contribution is 0.411. The van der Waals surface area contributed by atoms with Gasteiger partial charge >= 0.3 is 0 Å². The quantitative estimate of drug-likeness (QED) is 0.943. The van der Waals surface area contributed by atoms with Crippen molar-refractivity contribution in [3.05, 3.63) is 53.3 Å². The first-order chi connectivity index (χ1) is 9.83. The van der Waals surface area contributed by atoms with Crippen molar-refractivity contribution in [1.82, 2.24) is 0 Å². The summed E-state index contributed by atoms with van der Waals surface area (Å²) < 4.78 is 45.7. The van der Waals surface area contributed by atoms with Gasteiger partial charge in [0.05, 0.1) is 17.7 Å². The van der Waals surface area contributed by atoms with Crippen LogP contribution in [0.5, 0.6) is 5.75 Å². The van der Waals surface area contributed by atoms with Gasteiger partial charge in [0.1, 0.15) is 11.6 Å². The Bertz CT molecular complexity index is 755. The molecule has 0 fully saturated rings. The highest BCUT2D eigenvalue weighted by Crippen LogP contribution is 2.27. The first-order valence-corrected chi connectivity index (χ1v) is 7.75. The Labute approximate surface area is 123 Å². The Morgan fingerprint density at radius 1 is 1.10 bits per heavy atom. The van der Waals surface area contributed by atoms with Gasteiger partial charge in [-0.25, -0.2) is 12.8 Å². The lowest BCUT2D eigenvalue weighted by Crippen LogP contribution is -2.14. The van der Waals surface area contributed by atoms with Crippen LogP contribution in [0.1, 0.15) is 11.1 Å². The van der Waals surface area contributed by atoms with Crippen LogP contribution in [0.25, 0.3) is 0 Å². The zero-order valence-electron chi connectivity index (χ0n) is 12.0. The molecule has 0 spiro atoms. The Hall–Kier alpha value is -2.08. The van der Waals surface area contributed by atoms with Crippen LogP contribution in [-0.4, -0.2) is 15.5 Å². The number of rotatable bonds is 4. The first kappa shape index (κ1) is 15.3. The number of hydrogen-bond donors (Lipinski definition) is 1. The normalized spacial score (nSPS) is 11.2. The Balaban J connectivity index is 2.39. The number of sulfonamides is 1. The van der Waals surface area contributed by atoms with Gasteiger partial charge < -0.3 is 4.74 Å². The van der Waals surface area contributed by atoms with Crippen molar-refractivity contribution in [3.8, 4) is 5.75 Å². The monoisotopic (exact) mass is 309 g/mol. The minimum atomic E-state index is -3.84. The average Bonchev–Trinajstić information content (AvgIpc) is 2.42. The van der Waals surface area contributed by atoms with Gasteiger partial charge in [-0.2, -0.15) is 0 Å². The van der Waals surface area contributed by atoms with Gasteiger partial charge in [-0.3, -0.25) is 4.72 Å². The lowest BCUT2D eigenvalue weighted by atomic mass is 10.2. The minimum Gasteiger partial charge on any atom is -0.496 e. The molecule has 0 aliphatic rings. The Kier molecular flexibility index (Phi) is 4.18. The van der Waals surface area contributed by atoms with E-state index in [1.54, 1.807) is 19.1 Å². The molecule has 0 saturated carbocycles. The molecule has 0 aliphatic heterocycles. The zero-order valence-corrected chi connectivity index (χ0v) is 12.8. The van der Waals surface area contributed by atoms with Gasteiger partial charge in [0.2, 0.25) is 0 Å². The van der Waals surface area contributed by atoms with Crippen molar-refractivity contribution >= 4 is 15.7 Å². The van der Waals surface area contributed by atoms with Crippen LogP contribution >= 0.6 is 0 Å². The van der Waals surface area contributed by atoms with Crippen molar-refractivity contribution in [2.24, 2.45) is 0 Å². The van der Waals surface area contributed by atoms with Gasteiger partial charge in [0, 0.05) is 6.07 Å². The lowest BCUT2D eigenvalue weighted by Gasteiger charge is -2.12. The molecule has 6 heteroatoms. The molecule has 0 aromatic heterocycles. The number of ether oxygens (including phenoxy) is 1. The first-order valence-electron chi connectivity index (χ1n) is 6.27. The summed E-state index contributed by atoms with van der Waals surface area (Å²) in [5.41, 5.74) is 1.39. The van der Waals surface area contributed by atoms with Crippen LogP contribution in [0.15, 0.2) is 41.3 Å². The van der Waals surface area contributed by atoms with Crippen molar-refractivity contribution in [2.45, 2.75) is 18.7 Å². The van der Waals surface area contributed by atoms with E-state index in [-0.39, 0.29) is 10.6 Å². The molecule has 4 nitrogen and oxygen atoms in total. The zero-order chi connectivity index (χ0) is 15.6. The van der Waals surface area contributed by atoms with Crippen LogP contribution in [0.2, 0.25) is 0 Å². The third kappa shape index (κ3) is 3.33. The number of benzene rings is 2. The highest BCUT2D eigenvalue weighted by Gasteiger charge is 2.17. The fourth-order valence-electron chi connectivity index (χ4n) is 1.87. The number of hydrogen-bond acceptors (Lipinski definition) is 3. The molecule has 1 N–H and O–H groups in total. The van der Waals surface area contributed by atoms with Crippen molar-refractivity contribution in [3.63, 3.8) is 0 Å². The Morgan fingerprint density at radius 3 is 2.29 bits per heavy atom. The van der Waals surface area contributed by atoms with Gasteiger partial charge in [-0.15, -0.1) is 0 Å². The predicted octanol–water partition coefficient (Wildman–Crippen LogP) is 3.25. The highest BCUT2D eigenvalue weighted by atomic mass is 32.2. The van der Waals surface area contributed by atoms with Gasteiger partial charge in [-0.05, 0) is 37.6 Å². The molecule has 0 atom stereocenters.